The number of anilines is 1. The summed E-state index contributed by atoms with van der Waals surface area (Å²) in [4.78, 5) is 11.7. The Hall–Kier alpha value is -0.540. The number of fused-ring (bicyclic) bond motifs is 1. The zero-order valence-corrected chi connectivity index (χ0v) is 14.9. The van der Waals surface area contributed by atoms with Crippen LogP contribution < -0.4 is 5.32 Å². The summed E-state index contributed by atoms with van der Waals surface area (Å²) in [5.41, 5.74) is 3.04. The lowest BCUT2D eigenvalue weighted by Gasteiger charge is -2.14. The molecular formula is C17H23BrClNO. The van der Waals surface area contributed by atoms with Crippen LogP contribution in [0.3, 0.4) is 0 Å². The number of alkyl halides is 1. The van der Waals surface area contributed by atoms with Gasteiger partial charge in [0.1, 0.15) is 0 Å². The fourth-order valence-electron chi connectivity index (χ4n) is 2.77. The van der Waals surface area contributed by atoms with Crippen molar-refractivity contribution in [2.45, 2.75) is 63.1 Å². The third kappa shape index (κ3) is 4.72. The largest absolute Gasteiger partial charge is 0.325 e. The van der Waals surface area contributed by atoms with Crippen molar-refractivity contribution >= 4 is 39.1 Å². The van der Waals surface area contributed by atoms with Crippen molar-refractivity contribution in [1.29, 1.82) is 0 Å². The van der Waals surface area contributed by atoms with E-state index >= 15 is 0 Å². The highest BCUT2D eigenvalue weighted by atomic mass is 79.9. The molecule has 0 aliphatic carbocycles. The van der Waals surface area contributed by atoms with Crippen LogP contribution in [0.4, 0.5) is 5.69 Å². The van der Waals surface area contributed by atoms with E-state index < -0.39 is 0 Å². The van der Waals surface area contributed by atoms with Gasteiger partial charge in [0.25, 0.3) is 0 Å². The van der Waals surface area contributed by atoms with Crippen LogP contribution in [0, 0.1) is 0 Å². The van der Waals surface area contributed by atoms with E-state index in [1.165, 1.54) is 38.5 Å². The first-order valence-corrected chi connectivity index (χ1v) is 9.17. The second kappa shape index (κ2) is 8.19. The second-order valence-electron chi connectivity index (χ2n) is 5.78. The summed E-state index contributed by atoms with van der Waals surface area (Å²) in [7, 11) is 0. The van der Waals surface area contributed by atoms with Crippen LogP contribution in [0.5, 0.6) is 0 Å². The zero-order chi connectivity index (χ0) is 15.2. The van der Waals surface area contributed by atoms with Crippen molar-refractivity contribution in [1.82, 2.24) is 0 Å². The first-order valence-electron chi connectivity index (χ1n) is 7.88. The van der Waals surface area contributed by atoms with Crippen molar-refractivity contribution in [2.24, 2.45) is 0 Å². The van der Waals surface area contributed by atoms with Gasteiger partial charge in [0, 0.05) is 15.5 Å². The number of hydrogen-bond acceptors (Lipinski definition) is 1. The molecule has 1 aliphatic rings. The van der Waals surface area contributed by atoms with Gasteiger partial charge in [-0.3, -0.25) is 4.79 Å². The summed E-state index contributed by atoms with van der Waals surface area (Å²) in [6.07, 6.45) is 9.35. The number of nitrogens with one attached hydrogen (secondary N) is 1. The highest BCUT2D eigenvalue weighted by Gasteiger charge is 2.21. The molecule has 1 aromatic carbocycles. The molecule has 1 heterocycles. The molecule has 2 rings (SSSR count). The van der Waals surface area contributed by atoms with Crippen LogP contribution in [-0.2, 0) is 11.2 Å². The van der Waals surface area contributed by atoms with Crippen LogP contribution in [0.15, 0.2) is 12.1 Å². The first-order chi connectivity index (χ1) is 10.1. The Morgan fingerprint density at radius 3 is 2.71 bits per heavy atom. The molecule has 1 unspecified atom stereocenters. The normalized spacial score (nSPS) is 14.9. The van der Waals surface area contributed by atoms with Crippen molar-refractivity contribution in [3.8, 4) is 0 Å². The highest BCUT2D eigenvalue weighted by molar-refractivity contribution is 9.09. The average Bonchev–Trinajstić information content (AvgIpc) is 2.80. The minimum absolute atomic E-state index is 0.0558. The summed E-state index contributed by atoms with van der Waals surface area (Å²) in [6, 6.07) is 3.96. The minimum Gasteiger partial charge on any atom is -0.325 e. The smallest absolute Gasteiger partial charge is 0.228 e. The fourth-order valence-corrected chi connectivity index (χ4v) is 3.90. The monoisotopic (exact) mass is 371 g/mol. The number of amides is 1. The Labute approximate surface area is 140 Å². The zero-order valence-electron chi connectivity index (χ0n) is 12.6. The van der Waals surface area contributed by atoms with Crippen LogP contribution >= 0.6 is 27.5 Å². The topological polar surface area (TPSA) is 29.1 Å². The summed E-state index contributed by atoms with van der Waals surface area (Å²) >= 11 is 10.1. The Morgan fingerprint density at radius 2 is 1.95 bits per heavy atom. The summed E-state index contributed by atoms with van der Waals surface area (Å²) in [5, 5.41) is 3.58. The molecule has 2 nitrogen and oxygen atoms in total. The molecule has 1 atom stereocenters. The molecule has 21 heavy (non-hydrogen) atoms. The second-order valence-corrected chi connectivity index (χ2v) is 7.29. The Balaban J connectivity index is 1.87. The molecule has 1 aliphatic heterocycles. The predicted octanol–water partition coefficient (Wildman–Crippen LogP) is 6.02. The molecule has 1 aromatic rings. The standard InChI is InChI=1S/C17H23BrClNO/c1-2-3-4-5-6-7-8-14(18)13-9-12-10-17(21)20-16(12)11-15(13)19/h9,11,14H,2-8,10H2,1H3,(H,20,21). The van der Waals surface area contributed by atoms with Gasteiger partial charge in [-0.25, -0.2) is 0 Å². The van der Waals surface area contributed by atoms with Crippen molar-refractivity contribution in [3.63, 3.8) is 0 Å². The van der Waals surface area contributed by atoms with E-state index in [1.807, 2.05) is 6.07 Å². The number of halogens is 2. The van der Waals surface area contributed by atoms with E-state index in [0.717, 1.165) is 28.3 Å². The number of rotatable bonds is 8. The van der Waals surface area contributed by atoms with Gasteiger partial charge in [0.15, 0.2) is 0 Å². The number of carbonyl (C=O) groups is 1. The maximum Gasteiger partial charge on any atom is 0.228 e. The predicted molar refractivity (Wildman–Crippen MR) is 93.4 cm³/mol. The van der Waals surface area contributed by atoms with Gasteiger partial charge >= 0.3 is 0 Å². The van der Waals surface area contributed by atoms with Crippen LogP contribution in [0.25, 0.3) is 0 Å². The van der Waals surface area contributed by atoms with E-state index in [-0.39, 0.29) is 10.7 Å². The van der Waals surface area contributed by atoms with E-state index in [4.69, 9.17) is 11.6 Å². The SMILES string of the molecule is CCCCCCCCC(Br)c1cc2c(cc1Cl)NC(=O)C2. The number of unbranched alkanes of at least 4 members (excludes halogenated alkanes) is 5. The number of hydrogen-bond donors (Lipinski definition) is 1. The Morgan fingerprint density at radius 1 is 1.24 bits per heavy atom. The van der Waals surface area contributed by atoms with Crippen LogP contribution in [-0.4, -0.2) is 5.91 Å². The lowest BCUT2D eigenvalue weighted by Crippen LogP contribution is -2.03. The van der Waals surface area contributed by atoms with Gasteiger partial charge in [-0.1, -0.05) is 79.0 Å². The molecule has 1 amide bonds. The number of carbonyl (C=O) groups excluding carboxylic acids is 1. The molecule has 0 saturated heterocycles. The Bertz CT molecular complexity index is 504. The van der Waals surface area contributed by atoms with E-state index in [1.54, 1.807) is 0 Å². The lowest BCUT2D eigenvalue weighted by atomic mass is 10.0. The summed E-state index contributed by atoms with van der Waals surface area (Å²) in [6.45, 7) is 2.24. The van der Waals surface area contributed by atoms with E-state index in [9.17, 15) is 4.79 Å². The summed E-state index contributed by atoms with van der Waals surface area (Å²) in [5.74, 6) is 0.0558. The Kier molecular flexibility index (Phi) is 6.56. The maximum absolute atomic E-state index is 11.4. The molecular weight excluding hydrogens is 350 g/mol. The molecule has 1 N–H and O–H groups in total. The highest BCUT2D eigenvalue weighted by Crippen LogP contribution is 2.38. The lowest BCUT2D eigenvalue weighted by molar-refractivity contribution is -0.115. The van der Waals surface area contributed by atoms with E-state index in [0.29, 0.717) is 6.42 Å². The maximum atomic E-state index is 11.4. The third-order valence-electron chi connectivity index (χ3n) is 4.00. The van der Waals surface area contributed by atoms with Gasteiger partial charge in [-0.05, 0) is 23.6 Å². The van der Waals surface area contributed by atoms with E-state index in [2.05, 4.69) is 34.2 Å². The van der Waals surface area contributed by atoms with Crippen LogP contribution in [0.2, 0.25) is 5.02 Å². The summed E-state index contributed by atoms with van der Waals surface area (Å²) < 4.78 is 0. The van der Waals surface area contributed by atoms with Crippen molar-refractivity contribution in [3.05, 3.63) is 28.3 Å². The molecule has 0 aromatic heterocycles. The molecule has 0 bridgehead atoms. The first kappa shape index (κ1) is 16.8. The number of benzene rings is 1. The van der Waals surface area contributed by atoms with Crippen molar-refractivity contribution < 1.29 is 4.79 Å². The molecule has 0 radical (unpaired) electrons. The molecule has 116 valence electrons. The van der Waals surface area contributed by atoms with Crippen molar-refractivity contribution in [2.75, 3.05) is 5.32 Å². The average molecular weight is 373 g/mol. The molecule has 0 fully saturated rings. The minimum atomic E-state index is 0.0558. The van der Waals surface area contributed by atoms with Gasteiger partial charge in [-0.15, -0.1) is 0 Å². The third-order valence-corrected chi connectivity index (χ3v) is 5.27. The van der Waals surface area contributed by atoms with Crippen LogP contribution in [0.1, 0.15) is 67.8 Å². The molecule has 0 saturated carbocycles. The van der Waals surface area contributed by atoms with Gasteiger partial charge in [-0.2, -0.15) is 0 Å². The van der Waals surface area contributed by atoms with Gasteiger partial charge in [0.05, 0.1) is 6.42 Å². The quantitative estimate of drug-likeness (QED) is 0.438. The van der Waals surface area contributed by atoms with Gasteiger partial charge in [0.2, 0.25) is 5.91 Å². The van der Waals surface area contributed by atoms with Gasteiger partial charge < -0.3 is 5.32 Å². The molecule has 0 spiro atoms. The molecule has 4 heteroatoms. The fraction of sp³-hybridized carbons (Fsp3) is 0.588.